The van der Waals surface area contributed by atoms with Crippen molar-refractivity contribution >= 4 is 0 Å². The molecule has 3 saturated heterocycles. The van der Waals surface area contributed by atoms with Crippen molar-refractivity contribution in [1.82, 2.24) is 14.7 Å². The molecule has 0 aromatic rings. The van der Waals surface area contributed by atoms with Crippen molar-refractivity contribution in [3.05, 3.63) is 0 Å². The van der Waals surface area contributed by atoms with Gasteiger partial charge in [-0.25, -0.2) is 0 Å². The number of hydrogen-bond donors (Lipinski definition) is 0. The molecule has 0 bridgehead atoms. The fraction of sp³-hybridized carbons (Fsp3) is 1.00. The van der Waals surface area contributed by atoms with E-state index in [1.807, 2.05) is 0 Å². The van der Waals surface area contributed by atoms with E-state index in [1.165, 1.54) is 84.3 Å². The average molecular weight is 364 g/mol. The van der Waals surface area contributed by atoms with E-state index in [-0.39, 0.29) is 0 Å². The van der Waals surface area contributed by atoms with Gasteiger partial charge in [-0.1, -0.05) is 20.8 Å². The molecule has 3 aliphatic heterocycles. The molecule has 0 atom stereocenters. The predicted molar refractivity (Wildman–Crippen MR) is 113 cm³/mol. The van der Waals surface area contributed by atoms with Crippen molar-refractivity contribution < 1.29 is 0 Å². The van der Waals surface area contributed by atoms with Crippen molar-refractivity contribution in [3.63, 3.8) is 0 Å². The lowest BCUT2D eigenvalue weighted by Gasteiger charge is -2.44. The van der Waals surface area contributed by atoms with Crippen LogP contribution in [0.15, 0.2) is 0 Å². The molecule has 0 aromatic carbocycles. The first-order chi connectivity index (χ1) is 12.3. The first kappa shape index (κ1) is 20.6. The zero-order valence-electron chi connectivity index (χ0n) is 18.3. The monoisotopic (exact) mass is 363 g/mol. The summed E-state index contributed by atoms with van der Waals surface area (Å²) in [5.41, 5.74) is 0.503. The molecule has 3 aliphatic rings. The predicted octanol–water partition coefficient (Wildman–Crippen LogP) is 4.33. The number of likely N-dealkylation sites (tertiary alicyclic amines) is 3. The highest BCUT2D eigenvalue weighted by Gasteiger charge is 2.32. The summed E-state index contributed by atoms with van der Waals surface area (Å²) in [5, 5.41) is 0. The number of hydrogen-bond acceptors (Lipinski definition) is 3. The molecule has 0 spiro atoms. The Balaban J connectivity index is 1.35. The minimum absolute atomic E-state index is 0.503. The van der Waals surface area contributed by atoms with Crippen molar-refractivity contribution in [2.75, 3.05) is 45.8 Å². The summed E-state index contributed by atoms with van der Waals surface area (Å²) in [4.78, 5) is 8.27. The van der Waals surface area contributed by atoms with Crippen LogP contribution >= 0.6 is 0 Å². The second-order valence-corrected chi connectivity index (χ2v) is 10.8. The van der Waals surface area contributed by atoms with Crippen LogP contribution in [0.3, 0.4) is 0 Å². The van der Waals surface area contributed by atoms with Gasteiger partial charge in [-0.15, -0.1) is 0 Å². The normalized spacial score (nSPS) is 27.5. The van der Waals surface area contributed by atoms with Gasteiger partial charge in [-0.05, 0) is 109 Å². The maximum absolute atomic E-state index is 2.83. The lowest BCUT2D eigenvalue weighted by atomic mass is 9.75. The molecular formula is C23H45N3. The summed E-state index contributed by atoms with van der Waals surface area (Å²) >= 11 is 0. The minimum Gasteiger partial charge on any atom is -0.303 e. The van der Waals surface area contributed by atoms with Crippen LogP contribution in [0.5, 0.6) is 0 Å². The maximum atomic E-state index is 2.83. The van der Waals surface area contributed by atoms with E-state index in [0.29, 0.717) is 5.41 Å². The van der Waals surface area contributed by atoms with Crippen LogP contribution in [0.25, 0.3) is 0 Å². The summed E-state index contributed by atoms with van der Waals surface area (Å²) in [6.07, 6.45) is 8.48. The summed E-state index contributed by atoms with van der Waals surface area (Å²) < 4.78 is 0. The standard InChI is InChI=1S/C23H45N3/c1-19(2)25-16-10-22(11-17-25)26-14-6-20(7-15-26)18-24-12-8-21(9-13-24)23(3,4)5/h19-22H,6-18H2,1-5H3. The van der Waals surface area contributed by atoms with Crippen LogP contribution < -0.4 is 0 Å². The van der Waals surface area contributed by atoms with E-state index in [2.05, 4.69) is 49.3 Å². The number of piperidine rings is 3. The van der Waals surface area contributed by atoms with Crippen molar-refractivity contribution in [3.8, 4) is 0 Å². The highest BCUT2D eigenvalue weighted by atomic mass is 15.2. The number of rotatable bonds is 4. The third-order valence-corrected chi connectivity index (χ3v) is 7.72. The molecule has 3 fully saturated rings. The van der Waals surface area contributed by atoms with Gasteiger partial charge in [0.1, 0.15) is 0 Å². The van der Waals surface area contributed by atoms with Crippen LogP contribution in [0.4, 0.5) is 0 Å². The lowest BCUT2D eigenvalue weighted by molar-refractivity contribution is 0.0510. The van der Waals surface area contributed by atoms with E-state index in [4.69, 9.17) is 0 Å². The quantitative estimate of drug-likeness (QED) is 0.736. The molecule has 0 N–H and O–H groups in total. The Bertz CT molecular complexity index is 404. The van der Waals surface area contributed by atoms with Gasteiger partial charge in [0.25, 0.3) is 0 Å². The first-order valence-corrected chi connectivity index (χ1v) is 11.5. The molecule has 0 saturated carbocycles. The molecule has 3 nitrogen and oxygen atoms in total. The Morgan fingerprint density at radius 3 is 1.85 bits per heavy atom. The van der Waals surface area contributed by atoms with E-state index in [1.54, 1.807) is 0 Å². The van der Waals surface area contributed by atoms with Crippen LogP contribution in [-0.2, 0) is 0 Å². The van der Waals surface area contributed by atoms with Crippen molar-refractivity contribution in [2.24, 2.45) is 17.3 Å². The largest absolute Gasteiger partial charge is 0.303 e. The van der Waals surface area contributed by atoms with E-state index >= 15 is 0 Å². The van der Waals surface area contributed by atoms with Gasteiger partial charge >= 0.3 is 0 Å². The second kappa shape index (κ2) is 8.92. The van der Waals surface area contributed by atoms with Crippen LogP contribution in [0, 0.1) is 17.3 Å². The van der Waals surface area contributed by atoms with Gasteiger partial charge in [0.2, 0.25) is 0 Å². The SMILES string of the molecule is CC(C)N1CCC(N2CCC(CN3CCC(C(C)(C)C)CC3)CC2)CC1. The Morgan fingerprint density at radius 2 is 1.35 bits per heavy atom. The Labute approximate surface area is 163 Å². The summed E-state index contributed by atoms with van der Waals surface area (Å²) in [6, 6.07) is 1.59. The van der Waals surface area contributed by atoms with Gasteiger partial charge in [0, 0.05) is 18.6 Å². The average Bonchev–Trinajstić information content (AvgIpc) is 2.62. The van der Waals surface area contributed by atoms with Gasteiger partial charge in [0.05, 0.1) is 0 Å². The minimum atomic E-state index is 0.503. The van der Waals surface area contributed by atoms with Crippen LogP contribution in [0.2, 0.25) is 0 Å². The topological polar surface area (TPSA) is 9.72 Å². The van der Waals surface area contributed by atoms with Gasteiger partial charge in [-0.2, -0.15) is 0 Å². The maximum Gasteiger partial charge on any atom is 0.0120 e. The Kier molecular flexibility index (Phi) is 7.07. The van der Waals surface area contributed by atoms with E-state index in [0.717, 1.165) is 23.9 Å². The zero-order valence-corrected chi connectivity index (χ0v) is 18.3. The third kappa shape index (κ3) is 5.45. The summed E-state index contributed by atoms with van der Waals surface area (Å²) in [6.45, 7) is 21.4. The zero-order chi connectivity index (χ0) is 18.7. The lowest BCUT2D eigenvalue weighted by Crippen LogP contribution is -2.50. The van der Waals surface area contributed by atoms with Gasteiger partial charge in [0.15, 0.2) is 0 Å². The van der Waals surface area contributed by atoms with Gasteiger partial charge < -0.3 is 14.7 Å². The van der Waals surface area contributed by atoms with Gasteiger partial charge in [-0.3, -0.25) is 0 Å². The molecule has 0 aliphatic carbocycles. The molecule has 3 heterocycles. The smallest absolute Gasteiger partial charge is 0.0120 e. The molecule has 0 unspecified atom stereocenters. The molecule has 0 amide bonds. The molecule has 26 heavy (non-hydrogen) atoms. The molecule has 152 valence electrons. The highest BCUT2D eigenvalue weighted by molar-refractivity contribution is 4.86. The highest BCUT2D eigenvalue weighted by Crippen LogP contribution is 2.35. The Morgan fingerprint density at radius 1 is 0.769 bits per heavy atom. The number of nitrogens with zero attached hydrogens (tertiary/aromatic N) is 3. The summed E-state index contributed by atoms with van der Waals surface area (Å²) in [7, 11) is 0. The molecule has 3 rings (SSSR count). The van der Waals surface area contributed by atoms with Crippen LogP contribution in [-0.4, -0.2) is 72.6 Å². The third-order valence-electron chi connectivity index (χ3n) is 7.72. The fourth-order valence-corrected chi connectivity index (χ4v) is 5.61. The summed E-state index contributed by atoms with van der Waals surface area (Å²) in [5.74, 6) is 1.88. The van der Waals surface area contributed by atoms with Crippen molar-refractivity contribution in [1.29, 1.82) is 0 Å². The molecule has 0 aromatic heterocycles. The molecule has 0 radical (unpaired) electrons. The second-order valence-electron chi connectivity index (χ2n) is 10.8. The van der Waals surface area contributed by atoms with E-state index < -0.39 is 0 Å². The van der Waals surface area contributed by atoms with Crippen LogP contribution in [0.1, 0.15) is 73.1 Å². The molecule has 3 heteroatoms. The Hall–Kier alpha value is -0.120. The molecular weight excluding hydrogens is 318 g/mol. The van der Waals surface area contributed by atoms with E-state index in [9.17, 15) is 0 Å². The fourth-order valence-electron chi connectivity index (χ4n) is 5.61. The van der Waals surface area contributed by atoms with Crippen molar-refractivity contribution in [2.45, 2.75) is 85.2 Å². The first-order valence-electron chi connectivity index (χ1n) is 11.5.